The second-order valence-electron chi connectivity index (χ2n) is 3.03. The molecule has 0 N–H and O–H groups in total. The lowest BCUT2D eigenvalue weighted by Gasteiger charge is -2.30. The highest BCUT2D eigenvalue weighted by Crippen LogP contribution is 2.23. The first-order valence-electron chi connectivity index (χ1n) is 3.62. The van der Waals surface area contributed by atoms with E-state index in [-0.39, 0.29) is 5.60 Å². The fourth-order valence-electron chi connectivity index (χ4n) is 0.788. The van der Waals surface area contributed by atoms with Crippen molar-refractivity contribution in [3.8, 4) is 0 Å². The van der Waals surface area contributed by atoms with E-state index in [4.69, 9.17) is 4.74 Å². The van der Waals surface area contributed by atoms with Crippen LogP contribution in [0.4, 0.5) is 0 Å². The normalized spacial score (nSPS) is 18.0. The van der Waals surface area contributed by atoms with Crippen LogP contribution in [0.1, 0.15) is 34.1 Å². The molecule has 0 unspecified atom stereocenters. The summed E-state index contributed by atoms with van der Waals surface area (Å²) >= 11 is 0. The highest BCUT2D eigenvalue weighted by molar-refractivity contribution is 4.75. The molecule has 0 spiro atoms. The van der Waals surface area contributed by atoms with Gasteiger partial charge in [-0.15, -0.1) is 0 Å². The third kappa shape index (κ3) is 1.98. The fourth-order valence-corrected chi connectivity index (χ4v) is 0.788. The summed E-state index contributed by atoms with van der Waals surface area (Å²) in [5.74, 6) is 0.604. The third-order valence-corrected chi connectivity index (χ3v) is 2.39. The highest BCUT2D eigenvalue weighted by atomic mass is 16.5. The van der Waals surface area contributed by atoms with Gasteiger partial charge in [0.1, 0.15) is 0 Å². The standard InChI is InChI=1S/C8H18O/c1-6-8(4,9-5)7(2)3/h7H,6H2,1-5H3/t8-/m1/s1. The molecule has 0 aromatic rings. The first kappa shape index (κ1) is 8.96. The molecule has 0 aliphatic rings. The predicted octanol–water partition coefficient (Wildman–Crippen LogP) is 2.46. The Morgan fingerprint density at radius 1 is 1.44 bits per heavy atom. The summed E-state index contributed by atoms with van der Waals surface area (Å²) in [4.78, 5) is 0. The maximum Gasteiger partial charge on any atom is 0.0670 e. The van der Waals surface area contributed by atoms with Crippen LogP contribution in [0.25, 0.3) is 0 Å². The average Bonchev–Trinajstić information content (AvgIpc) is 1.86. The molecule has 1 atom stereocenters. The smallest absolute Gasteiger partial charge is 0.0670 e. The Bertz CT molecular complexity index is 72.6. The number of hydrogen-bond donors (Lipinski definition) is 0. The van der Waals surface area contributed by atoms with E-state index in [0.717, 1.165) is 6.42 Å². The number of hydrogen-bond acceptors (Lipinski definition) is 1. The van der Waals surface area contributed by atoms with Crippen molar-refractivity contribution in [3.63, 3.8) is 0 Å². The van der Waals surface area contributed by atoms with E-state index in [2.05, 4.69) is 27.7 Å². The van der Waals surface area contributed by atoms with E-state index < -0.39 is 0 Å². The summed E-state index contributed by atoms with van der Waals surface area (Å²) in [7, 11) is 1.78. The van der Waals surface area contributed by atoms with E-state index in [1.807, 2.05) is 0 Å². The van der Waals surface area contributed by atoms with Crippen LogP contribution < -0.4 is 0 Å². The molecule has 0 heterocycles. The molecule has 0 bridgehead atoms. The topological polar surface area (TPSA) is 9.23 Å². The molecule has 9 heavy (non-hydrogen) atoms. The summed E-state index contributed by atoms with van der Waals surface area (Å²) < 4.78 is 5.35. The SMILES string of the molecule is CC[C@@](C)(OC)C(C)C. The first-order chi connectivity index (χ1) is 4.06. The lowest BCUT2D eigenvalue weighted by Crippen LogP contribution is -2.32. The van der Waals surface area contributed by atoms with Crippen molar-refractivity contribution < 1.29 is 4.74 Å². The van der Waals surface area contributed by atoms with Gasteiger partial charge >= 0.3 is 0 Å². The van der Waals surface area contributed by atoms with Crippen LogP contribution in [-0.4, -0.2) is 12.7 Å². The van der Waals surface area contributed by atoms with Crippen molar-refractivity contribution in [1.29, 1.82) is 0 Å². The van der Waals surface area contributed by atoms with Crippen LogP contribution in [0.3, 0.4) is 0 Å². The van der Waals surface area contributed by atoms with Gasteiger partial charge in [-0.3, -0.25) is 0 Å². The molecule has 0 saturated carbocycles. The molecule has 0 aliphatic carbocycles. The molecule has 0 aromatic carbocycles. The number of methoxy groups -OCH3 is 1. The average molecular weight is 130 g/mol. The minimum atomic E-state index is 0.0833. The summed E-state index contributed by atoms with van der Waals surface area (Å²) in [5, 5.41) is 0. The van der Waals surface area contributed by atoms with Crippen LogP contribution in [-0.2, 0) is 4.74 Å². The first-order valence-corrected chi connectivity index (χ1v) is 3.62. The quantitative estimate of drug-likeness (QED) is 0.570. The van der Waals surface area contributed by atoms with Crippen molar-refractivity contribution in [3.05, 3.63) is 0 Å². The lowest BCUT2D eigenvalue weighted by molar-refractivity contribution is -0.0348. The predicted molar refractivity (Wildman–Crippen MR) is 40.5 cm³/mol. The van der Waals surface area contributed by atoms with E-state index >= 15 is 0 Å². The molecule has 1 nitrogen and oxygen atoms in total. The Morgan fingerprint density at radius 3 is 1.89 bits per heavy atom. The van der Waals surface area contributed by atoms with Gasteiger partial charge in [0.15, 0.2) is 0 Å². The van der Waals surface area contributed by atoms with Crippen LogP contribution in [0.15, 0.2) is 0 Å². The van der Waals surface area contributed by atoms with Gasteiger partial charge < -0.3 is 4.74 Å². The van der Waals surface area contributed by atoms with Gasteiger partial charge in [0.2, 0.25) is 0 Å². The molecular weight excluding hydrogens is 112 g/mol. The van der Waals surface area contributed by atoms with Gasteiger partial charge in [-0.25, -0.2) is 0 Å². The zero-order valence-electron chi connectivity index (χ0n) is 7.19. The summed E-state index contributed by atoms with van der Waals surface area (Å²) in [6.07, 6.45) is 1.08. The largest absolute Gasteiger partial charge is 0.378 e. The monoisotopic (exact) mass is 130 g/mol. The Kier molecular flexibility index (Phi) is 3.20. The van der Waals surface area contributed by atoms with E-state index in [0.29, 0.717) is 5.92 Å². The van der Waals surface area contributed by atoms with Gasteiger partial charge in [-0.1, -0.05) is 20.8 Å². The molecule has 0 saturated heterocycles. The summed E-state index contributed by atoms with van der Waals surface area (Å²) in [6.45, 7) is 8.68. The third-order valence-electron chi connectivity index (χ3n) is 2.39. The van der Waals surface area contributed by atoms with E-state index in [1.165, 1.54) is 0 Å². The molecule has 0 fully saturated rings. The summed E-state index contributed by atoms with van der Waals surface area (Å²) in [6, 6.07) is 0. The Labute approximate surface area is 58.4 Å². The maximum absolute atomic E-state index is 5.35. The minimum absolute atomic E-state index is 0.0833. The second kappa shape index (κ2) is 3.21. The Hall–Kier alpha value is -0.0400. The molecule has 0 radical (unpaired) electrons. The van der Waals surface area contributed by atoms with E-state index in [1.54, 1.807) is 7.11 Å². The van der Waals surface area contributed by atoms with Crippen molar-refractivity contribution in [2.24, 2.45) is 5.92 Å². The van der Waals surface area contributed by atoms with Gasteiger partial charge in [-0.05, 0) is 19.3 Å². The van der Waals surface area contributed by atoms with Crippen molar-refractivity contribution in [2.45, 2.75) is 39.7 Å². The zero-order chi connectivity index (χ0) is 7.49. The Balaban J connectivity index is 3.92. The fraction of sp³-hybridized carbons (Fsp3) is 1.00. The highest BCUT2D eigenvalue weighted by Gasteiger charge is 2.24. The lowest BCUT2D eigenvalue weighted by atomic mass is 9.90. The van der Waals surface area contributed by atoms with Gasteiger partial charge in [0.05, 0.1) is 5.60 Å². The number of ether oxygens (including phenoxy) is 1. The molecule has 1 heteroatoms. The molecule has 0 aromatic heterocycles. The van der Waals surface area contributed by atoms with Crippen molar-refractivity contribution >= 4 is 0 Å². The minimum Gasteiger partial charge on any atom is -0.378 e. The van der Waals surface area contributed by atoms with Crippen LogP contribution in [0.2, 0.25) is 0 Å². The maximum atomic E-state index is 5.35. The molecular formula is C8H18O. The zero-order valence-corrected chi connectivity index (χ0v) is 7.19. The molecule has 56 valence electrons. The van der Waals surface area contributed by atoms with Crippen molar-refractivity contribution in [1.82, 2.24) is 0 Å². The van der Waals surface area contributed by atoms with Crippen LogP contribution in [0, 0.1) is 5.92 Å². The summed E-state index contributed by atoms with van der Waals surface area (Å²) in [5.41, 5.74) is 0.0833. The molecule has 0 aliphatic heterocycles. The van der Waals surface area contributed by atoms with Crippen LogP contribution in [0.5, 0.6) is 0 Å². The van der Waals surface area contributed by atoms with Crippen LogP contribution >= 0.6 is 0 Å². The second-order valence-corrected chi connectivity index (χ2v) is 3.03. The van der Waals surface area contributed by atoms with Gasteiger partial charge in [0.25, 0.3) is 0 Å². The van der Waals surface area contributed by atoms with Crippen molar-refractivity contribution in [2.75, 3.05) is 7.11 Å². The Morgan fingerprint density at radius 2 is 1.89 bits per heavy atom. The number of rotatable bonds is 3. The van der Waals surface area contributed by atoms with Gasteiger partial charge in [0, 0.05) is 7.11 Å². The van der Waals surface area contributed by atoms with Gasteiger partial charge in [-0.2, -0.15) is 0 Å². The van der Waals surface area contributed by atoms with E-state index in [9.17, 15) is 0 Å². The molecule has 0 amide bonds. The molecule has 0 rings (SSSR count).